The Bertz CT molecular complexity index is 791. The van der Waals surface area contributed by atoms with Crippen molar-refractivity contribution in [2.45, 2.75) is 24.3 Å². The maximum atomic E-state index is 12.4. The van der Waals surface area contributed by atoms with E-state index in [1.54, 1.807) is 35.1 Å². The minimum Gasteiger partial charge on any atom is -0.445 e. The number of carbonyl (C=O) groups excluding carboxylic acids is 2. The van der Waals surface area contributed by atoms with E-state index in [4.69, 9.17) is 15.1 Å². The van der Waals surface area contributed by atoms with Crippen LogP contribution in [0, 0.1) is 0 Å². The molecule has 1 heterocycles. The molecule has 1 aromatic carbocycles. The number of benzene rings is 1. The van der Waals surface area contributed by atoms with Gasteiger partial charge in [-0.2, -0.15) is 13.1 Å². The summed E-state index contributed by atoms with van der Waals surface area (Å²) in [7, 11) is -6.78. The van der Waals surface area contributed by atoms with Gasteiger partial charge in [-0.1, -0.05) is 30.3 Å². The lowest BCUT2D eigenvalue weighted by Gasteiger charge is -2.42. The van der Waals surface area contributed by atoms with Crippen molar-refractivity contribution in [1.29, 1.82) is 0 Å². The lowest BCUT2D eigenvalue weighted by atomic mass is 9.99. The van der Waals surface area contributed by atoms with Crippen molar-refractivity contribution in [2.24, 2.45) is 5.84 Å². The van der Waals surface area contributed by atoms with Gasteiger partial charge in [0, 0.05) is 6.54 Å². The molecule has 0 saturated carbocycles. The first-order chi connectivity index (χ1) is 12.2. The molecule has 0 aliphatic carbocycles. The molecule has 1 saturated heterocycles. The maximum absolute atomic E-state index is 12.4. The molecule has 0 spiro atoms. The van der Waals surface area contributed by atoms with Crippen LogP contribution in [-0.4, -0.2) is 47.8 Å². The predicted molar refractivity (Wildman–Crippen MR) is 91.9 cm³/mol. The number of carbonyl (C=O) groups is 2. The summed E-state index contributed by atoms with van der Waals surface area (Å²) in [5.74, 6) is 4.57. The number of rotatable bonds is 6. The highest BCUT2D eigenvalue weighted by Gasteiger charge is 2.53. The van der Waals surface area contributed by atoms with Gasteiger partial charge in [-0.3, -0.25) is 19.7 Å². The third-order valence-corrected chi connectivity index (χ3v) is 5.57. The molecular weight excluding hydrogens is 387 g/mol. The van der Waals surface area contributed by atoms with E-state index in [1.807, 2.05) is 0 Å². The van der Waals surface area contributed by atoms with Gasteiger partial charge in [0.15, 0.2) is 5.28 Å². The summed E-state index contributed by atoms with van der Waals surface area (Å²) < 4.78 is 49.9. The molecule has 26 heavy (non-hydrogen) atoms. The fourth-order valence-corrected chi connectivity index (χ4v) is 4.19. The van der Waals surface area contributed by atoms with Gasteiger partial charge in [0.2, 0.25) is 0 Å². The highest BCUT2D eigenvalue weighted by atomic mass is 32.2. The number of hydrogen-bond acceptors (Lipinski definition) is 7. The quantitative estimate of drug-likeness (QED) is 0.207. The molecule has 11 nitrogen and oxygen atoms in total. The van der Waals surface area contributed by atoms with Crippen molar-refractivity contribution in [2.75, 3.05) is 6.54 Å². The van der Waals surface area contributed by atoms with E-state index < -0.39 is 42.1 Å². The number of alkyl carbamates (subject to hydrolysis) is 1. The lowest BCUT2D eigenvalue weighted by molar-refractivity contribution is -0.138. The van der Waals surface area contributed by atoms with Crippen molar-refractivity contribution in [3.8, 4) is 0 Å². The molecule has 2 amide bonds. The van der Waals surface area contributed by atoms with Crippen LogP contribution in [0.1, 0.15) is 12.0 Å². The Labute approximate surface area is 150 Å². The molecule has 1 aliphatic heterocycles. The standard InChI is InChI=1S/C13H19N4O7PS/c14-17-7-6-10(16-26(21,22)23)13(25-20,11(17)18)15-12(19)24-8-9-4-2-1-3-5-9/h1-5,10,16H,6-8,14,25H2,(H,15,19)(H,21,22,23)/t10-,13-/m1/s1. The van der Waals surface area contributed by atoms with Crippen LogP contribution in [0.5, 0.6) is 0 Å². The number of amides is 2. The van der Waals surface area contributed by atoms with E-state index in [1.165, 1.54) is 0 Å². The smallest absolute Gasteiger partial charge is 0.408 e. The van der Waals surface area contributed by atoms with Crippen LogP contribution in [0.25, 0.3) is 0 Å². The van der Waals surface area contributed by atoms with Crippen molar-refractivity contribution < 1.29 is 31.9 Å². The van der Waals surface area contributed by atoms with E-state index in [-0.39, 0.29) is 19.6 Å². The Morgan fingerprint density at radius 2 is 2.08 bits per heavy atom. The third kappa shape index (κ3) is 4.80. The lowest BCUT2D eigenvalue weighted by Crippen LogP contribution is -2.71. The molecule has 1 fully saturated rings. The Kier molecular flexibility index (Phi) is 6.37. The Morgan fingerprint density at radius 1 is 1.42 bits per heavy atom. The Hall–Kier alpha value is -1.98. The number of nitrogens with two attached hydrogens (primary N) is 1. The van der Waals surface area contributed by atoms with Gasteiger partial charge in [-0.15, -0.1) is 0 Å². The van der Waals surface area contributed by atoms with E-state index in [0.29, 0.717) is 5.56 Å². The highest BCUT2D eigenvalue weighted by Crippen LogP contribution is 2.32. The Morgan fingerprint density at radius 3 is 2.65 bits per heavy atom. The molecule has 0 aromatic heterocycles. The monoisotopic (exact) mass is 406 g/mol. The summed E-state index contributed by atoms with van der Waals surface area (Å²) in [6, 6.07) is 7.32. The fraction of sp³-hybridized carbons (Fsp3) is 0.385. The average molecular weight is 406 g/mol. The van der Waals surface area contributed by atoms with Gasteiger partial charge in [0.05, 0.1) is 14.5 Å². The topological polar surface area (TPSA) is 168 Å². The summed E-state index contributed by atoms with van der Waals surface area (Å²) in [4.78, 5) is 24.5. The van der Waals surface area contributed by atoms with Crippen LogP contribution in [0.3, 0.4) is 0 Å². The van der Waals surface area contributed by atoms with Crippen molar-refractivity contribution >= 4 is 30.8 Å². The third-order valence-electron chi connectivity index (χ3n) is 3.82. The van der Waals surface area contributed by atoms with E-state index >= 15 is 0 Å². The highest BCUT2D eigenvalue weighted by molar-refractivity contribution is 7.83. The zero-order valence-corrected chi connectivity index (χ0v) is 15.5. The number of hydrazine groups is 1. The minimum atomic E-state index is -4.72. The van der Waals surface area contributed by atoms with Crippen molar-refractivity contribution in [3.05, 3.63) is 35.9 Å². The van der Waals surface area contributed by atoms with Gasteiger partial charge >= 0.3 is 16.4 Å². The average Bonchev–Trinajstić information content (AvgIpc) is 2.59. The summed E-state index contributed by atoms with van der Waals surface area (Å²) in [6.45, 7) is -0.179. The second-order valence-electron chi connectivity index (χ2n) is 5.61. The van der Waals surface area contributed by atoms with Crippen LogP contribution in [0.15, 0.2) is 30.3 Å². The number of nitrogens with one attached hydrogen (secondary N) is 2. The summed E-state index contributed by atoms with van der Waals surface area (Å²) >= 11 is 0. The molecule has 0 radical (unpaired) electrons. The fourth-order valence-electron chi connectivity index (χ4n) is 2.55. The molecular formula is C13H19N4O7PS. The number of nitrogens with zero attached hydrogens (tertiary/aromatic N) is 1. The van der Waals surface area contributed by atoms with Crippen molar-refractivity contribution in [3.63, 3.8) is 0 Å². The molecule has 13 heteroatoms. The van der Waals surface area contributed by atoms with Crippen molar-refractivity contribution in [1.82, 2.24) is 15.0 Å². The van der Waals surface area contributed by atoms with E-state index in [2.05, 4.69) is 5.32 Å². The van der Waals surface area contributed by atoms with E-state index in [9.17, 15) is 22.6 Å². The molecule has 1 unspecified atom stereocenters. The molecule has 1 aliphatic rings. The van der Waals surface area contributed by atoms with Crippen LogP contribution < -0.4 is 15.9 Å². The van der Waals surface area contributed by atoms with Crippen LogP contribution in [0.2, 0.25) is 0 Å². The first kappa shape index (κ1) is 20.3. The number of hydrogen-bond donors (Lipinski definition) is 4. The molecule has 2 rings (SSSR count). The zero-order valence-electron chi connectivity index (χ0n) is 13.5. The van der Waals surface area contributed by atoms with Gasteiger partial charge in [0.25, 0.3) is 5.91 Å². The molecule has 3 atom stereocenters. The number of piperidine rings is 1. The maximum Gasteiger partial charge on any atom is 0.408 e. The van der Waals surface area contributed by atoms with E-state index in [0.717, 1.165) is 5.01 Å². The van der Waals surface area contributed by atoms with Crippen LogP contribution >= 0.6 is 8.46 Å². The largest absolute Gasteiger partial charge is 0.445 e. The van der Waals surface area contributed by atoms with Crippen LogP contribution in [0.4, 0.5) is 4.79 Å². The summed E-state index contributed by atoms with van der Waals surface area (Å²) in [6.07, 6.45) is -1.15. The molecule has 5 N–H and O–H groups in total. The predicted octanol–water partition coefficient (Wildman–Crippen LogP) is -0.768. The molecule has 144 valence electrons. The summed E-state index contributed by atoms with van der Waals surface area (Å²) in [5, 5.41) is 0.744. The second kappa shape index (κ2) is 8.14. The first-order valence-electron chi connectivity index (χ1n) is 7.44. The normalized spacial score (nSPS) is 24.0. The summed E-state index contributed by atoms with van der Waals surface area (Å²) in [5.41, 5.74) is 0.675. The van der Waals surface area contributed by atoms with Gasteiger partial charge in [-0.25, -0.2) is 10.6 Å². The Balaban J connectivity index is 2.18. The molecule has 1 aromatic rings. The SMILES string of the molecule is NN1CC[C@@H](NS(=O)(=O)O)[C@@](NC(=O)OCc2ccccc2)([PH2]=O)C1=O. The minimum absolute atomic E-state index is 0.0616. The van der Waals surface area contributed by atoms with Gasteiger partial charge in [0.1, 0.15) is 6.61 Å². The molecule has 0 bridgehead atoms. The zero-order chi connectivity index (χ0) is 19.4. The second-order valence-corrected chi connectivity index (χ2v) is 7.94. The first-order valence-corrected chi connectivity index (χ1v) is 9.93. The number of ether oxygens (including phenoxy) is 1. The van der Waals surface area contributed by atoms with Gasteiger partial charge < -0.3 is 9.30 Å². The van der Waals surface area contributed by atoms with Crippen LogP contribution in [-0.2, 0) is 31.0 Å². The van der Waals surface area contributed by atoms with Gasteiger partial charge in [-0.05, 0) is 12.0 Å².